The monoisotopic (exact) mass is 588 g/mol. The van der Waals surface area contributed by atoms with E-state index in [-0.39, 0.29) is 16.5 Å². The fourth-order valence-corrected chi connectivity index (χ4v) is 4.10. The quantitative estimate of drug-likeness (QED) is 0.307. The van der Waals surface area contributed by atoms with Crippen molar-refractivity contribution in [2.75, 3.05) is 40.8 Å². The van der Waals surface area contributed by atoms with Gasteiger partial charge >= 0.3 is 12.5 Å². The molecule has 1 heterocycles. The number of hydrogen-bond donors (Lipinski definition) is 1. The van der Waals surface area contributed by atoms with Gasteiger partial charge in [-0.15, -0.1) is 13.2 Å². The molecule has 0 unspecified atom stereocenters. The number of aromatic nitrogens is 1. The Kier molecular flexibility index (Phi) is 11.0. The zero-order valence-corrected chi connectivity index (χ0v) is 24.3. The number of nitrogens with zero attached hydrogens (tertiary/aromatic N) is 3. The van der Waals surface area contributed by atoms with Gasteiger partial charge in [0.05, 0.1) is 12.2 Å². The molecule has 3 rings (SSSR count). The van der Waals surface area contributed by atoms with Crippen LogP contribution in [0.2, 0.25) is 5.02 Å². The largest absolute Gasteiger partial charge is 0.573 e. The highest BCUT2D eigenvalue weighted by Gasteiger charge is 2.31. The summed E-state index contributed by atoms with van der Waals surface area (Å²) >= 11 is 6.54. The lowest BCUT2D eigenvalue weighted by atomic mass is 10.0. The Balaban J connectivity index is 1.69. The first kappa shape index (κ1) is 31.7. The van der Waals surface area contributed by atoms with E-state index in [0.29, 0.717) is 43.1 Å². The van der Waals surface area contributed by atoms with Crippen LogP contribution in [0.25, 0.3) is 11.1 Å². The normalized spacial score (nSPS) is 11.2. The molecule has 3 aromatic rings. The number of rotatable bonds is 9. The Morgan fingerprint density at radius 1 is 1.05 bits per heavy atom. The van der Waals surface area contributed by atoms with Gasteiger partial charge in [-0.1, -0.05) is 47.7 Å². The molecular weight excluding hydrogens is 557 g/mol. The van der Waals surface area contributed by atoms with Crippen molar-refractivity contribution >= 4 is 17.7 Å². The van der Waals surface area contributed by atoms with E-state index in [4.69, 9.17) is 16.3 Å². The number of nitrogens with one attached hydrogen (secondary N) is 1. The van der Waals surface area contributed by atoms with Crippen molar-refractivity contribution in [3.8, 4) is 34.5 Å². The van der Waals surface area contributed by atoms with E-state index >= 15 is 0 Å². The number of carbonyl (C=O) groups excluding carboxylic acids is 1. The number of aryl methyl sites for hydroxylation is 2. The van der Waals surface area contributed by atoms with Crippen molar-refractivity contribution in [1.29, 1.82) is 0 Å². The van der Waals surface area contributed by atoms with E-state index in [1.807, 2.05) is 43.1 Å². The summed E-state index contributed by atoms with van der Waals surface area (Å²) in [5, 5.41) is 3.27. The summed E-state index contributed by atoms with van der Waals surface area (Å²) in [5.41, 5.74) is 4.25. The van der Waals surface area contributed by atoms with Crippen molar-refractivity contribution in [2.45, 2.75) is 26.8 Å². The molecule has 41 heavy (non-hydrogen) atoms. The zero-order chi connectivity index (χ0) is 30.2. The number of ether oxygens (including phenoxy) is 2. The van der Waals surface area contributed by atoms with Crippen molar-refractivity contribution in [2.24, 2.45) is 0 Å². The van der Waals surface area contributed by atoms with E-state index in [0.717, 1.165) is 16.7 Å². The molecule has 0 aliphatic rings. The number of hydrogen-bond acceptors (Lipinski definition) is 6. The van der Waals surface area contributed by atoms with Crippen LogP contribution in [0.1, 0.15) is 22.5 Å². The van der Waals surface area contributed by atoms with Crippen molar-refractivity contribution < 1.29 is 27.4 Å². The molecule has 0 aliphatic heterocycles. The van der Waals surface area contributed by atoms with Gasteiger partial charge in [-0.2, -0.15) is 0 Å². The molecule has 7 nitrogen and oxygen atoms in total. The molecule has 0 spiro atoms. The molecule has 11 heteroatoms. The molecule has 0 radical (unpaired) electrons. The molecule has 1 aromatic heterocycles. The third-order valence-corrected chi connectivity index (χ3v) is 6.45. The third kappa shape index (κ3) is 9.39. The molecule has 0 bridgehead atoms. The van der Waals surface area contributed by atoms with Gasteiger partial charge in [0.2, 0.25) is 0 Å². The van der Waals surface area contributed by atoms with Gasteiger partial charge in [-0.3, -0.25) is 9.88 Å². The molecule has 0 saturated heterocycles. The van der Waals surface area contributed by atoms with Crippen molar-refractivity contribution in [3.63, 3.8) is 0 Å². The molecule has 1 amide bonds. The number of pyridine rings is 1. The summed E-state index contributed by atoms with van der Waals surface area (Å²) in [5.74, 6) is 6.23. The highest BCUT2D eigenvalue weighted by atomic mass is 35.5. The van der Waals surface area contributed by atoms with Gasteiger partial charge in [0.15, 0.2) is 5.75 Å². The lowest BCUT2D eigenvalue weighted by Gasteiger charge is -2.20. The minimum Gasteiger partial charge on any atom is -0.408 e. The maximum absolute atomic E-state index is 12.7. The van der Waals surface area contributed by atoms with Crippen LogP contribution in [0, 0.1) is 25.7 Å². The number of likely N-dealkylation sites (N-methyl/N-ethyl adjacent to an activating group) is 2. The number of halogens is 4. The minimum atomic E-state index is -4.72. The van der Waals surface area contributed by atoms with Gasteiger partial charge in [0.25, 0.3) is 0 Å². The fourth-order valence-electron chi connectivity index (χ4n) is 3.93. The van der Waals surface area contributed by atoms with E-state index in [1.165, 1.54) is 17.0 Å². The Morgan fingerprint density at radius 2 is 1.71 bits per heavy atom. The predicted octanol–water partition coefficient (Wildman–Crippen LogP) is 6.05. The Morgan fingerprint density at radius 3 is 2.32 bits per heavy atom. The van der Waals surface area contributed by atoms with E-state index in [1.54, 1.807) is 33.2 Å². The van der Waals surface area contributed by atoms with E-state index < -0.39 is 12.5 Å². The minimum absolute atomic E-state index is 0.256. The number of alkyl halides is 3. The lowest BCUT2D eigenvalue weighted by Crippen LogP contribution is -2.35. The first-order valence-corrected chi connectivity index (χ1v) is 13.1. The SMILES string of the molecule is CNCCN(C)C(=O)Oc1c(Cl)c(C)nc(C)c1-c1ccc(C#CCN(C)Cc2ccc(OC(F)(F)F)cc2)cc1. The number of benzene rings is 2. The molecular formula is C30H32ClF3N4O3. The van der Waals surface area contributed by atoms with E-state index in [2.05, 4.69) is 26.9 Å². The summed E-state index contributed by atoms with van der Waals surface area (Å²) in [7, 11) is 5.33. The van der Waals surface area contributed by atoms with Crippen LogP contribution in [0.3, 0.4) is 0 Å². The Bertz CT molecular complexity index is 1400. The summed E-state index contributed by atoms with van der Waals surface area (Å²) in [4.78, 5) is 20.6. The Labute approximate surface area is 243 Å². The molecule has 2 aromatic carbocycles. The molecule has 0 atom stereocenters. The summed E-state index contributed by atoms with van der Waals surface area (Å²) < 4.78 is 46.7. The summed E-state index contributed by atoms with van der Waals surface area (Å²) in [6.07, 6.45) is -5.24. The van der Waals surface area contributed by atoms with Crippen LogP contribution in [0.5, 0.6) is 11.5 Å². The summed E-state index contributed by atoms with van der Waals surface area (Å²) in [6.45, 7) is 5.63. The number of carbonyl (C=O) groups is 1. The van der Waals surface area contributed by atoms with Gasteiger partial charge < -0.3 is 19.7 Å². The smallest absolute Gasteiger partial charge is 0.408 e. The third-order valence-electron chi connectivity index (χ3n) is 6.00. The standard InChI is InChI=1S/C30H32ClF3N4O3/c1-20-26(28(27(31)21(2)36-20)40-29(39)38(5)18-16-35-3)24-12-8-22(9-13-24)7-6-17-37(4)19-23-10-14-25(15-11-23)41-30(32,33)34/h8-15,35H,16-19H2,1-5H3. The van der Waals surface area contributed by atoms with E-state index in [9.17, 15) is 18.0 Å². The second kappa shape index (κ2) is 14.2. The van der Waals surface area contributed by atoms with Gasteiger partial charge in [-0.25, -0.2) is 4.79 Å². The number of amides is 1. The van der Waals surface area contributed by atoms with Crippen LogP contribution in [-0.4, -0.2) is 68.0 Å². The fraction of sp³-hybridized carbons (Fsp3) is 0.333. The molecule has 0 saturated carbocycles. The highest BCUT2D eigenvalue weighted by molar-refractivity contribution is 6.33. The average molecular weight is 589 g/mol. The van der Waals surface area contributed by atoms with Crippen LogP contribution in [-0.2, 0) is 6.54 Å². The predicted molar refractivity (Wildman–Crippen MR) is 153 cm³/mol. The zero-order valence-electron chi connectivity index (χ0n) is 23.5. The topological polar surface area (TPSA) is 66.9 Å². The van der Waals surface area contributed by atoms with Crippen LogP contribution in [0.4, 0.5) is 18.0 Å². The maximum Gasteiger partial charge on any atom is 0.573 e. The van der Waals surface area contributed by atoms with Gasteiger partial charge in [-0.05, 0) is 63.3 Å². The van der Waals surface area contributed by atoms with Gasteiger partial charge in [0, 0.05) is 43.5 Å². The first-order chi connectivity index (χ1) is 19.4. The van der Waals surface area contributed by atoms with Crippen LogP contribution < -0.4 is 14.8 Å². The second-order valence-corrected chi connectivity index (χ2v) is 9.81. The molecule has 1 N–H and O–H groups in total. The lowest BCUT2D eigenvalue weighted by molar-refractivity contribution is -0.274. The summed E-state index contributed by atoms with van der Waals surface area (Å²) in [6, 6.07) is 13.2. The molecule has 0 aliphatic carbocycles. The average Bonchev–Trinajstić information content (AvgIpc) is 2.91. The van der Waals surface area contributed by atoms with Crippen LogP contribution >= 0.6 is 11.6 Å². The molecule has 218 valence electrons. The molecule has 0 fully saturated rings. The maximum atomic E-state index is 12.7. The first-order valence-electron chi connectivity index (χ1n) is 12.7. The van der Waals surface area contributed by atoms with Crippen molar-refractivity contribution in [1.82, 2.24) is 20.1 Å². The van der Waals surface area contributed by atoms with Crippen molar-refractivity contribution in [3.05, 3.63) is 76.1 Å². The Hall–Kier alpha value is -3.78. The highest BCUT2D eigenvalue weighted by Crippen LogP contribution is 2.40. The van der Waals surface area contributed by atoms with Crippen LogP contribution in [0.15, 0.2) is 48.5 Å². The van der Waals surface area contributed by atoms with Gasteiger partial charge in [0.1, 0.15) is 10.8 Å². The second-order valence-electron chi connectivity index (χ2n) is 9.44.